The third kappa shape index (κ3) is 3.78. The standard InChI is InChI=1S/C19H20F2N2O2/c20-15-9-14(10-16(21)11-15)19(6-1-2-7-19)18(25)22-8-5-13-3-4-17(24)23-12-13/h3-4,9-12H,1-2,5-8H2,(H,22,25)(H,23,24). The van der Waals surface area contributed by atoms with Crippen LogP contribution < -0.4 is 10.9 Å². The normalized spacial score (nSPS) is 15.9. The van der Waals surface area contributed by atoms with Crippen molar-refractivity contribution in [3.05, 3.63) is 69.6 Å². The van der Waals surface area contributed by atoms with E-state index >= 15 is 0 Å². The number of halogens is 2. The number of aromatic amines is 1. The van der Waals surface area contributed by atoms with Crippen LogP contribution in [0.2, 0.25) is 0 Å². The molecule has 1 aliphatic rings. The minimum absolute atomic E-state index is 0.175. The molecular formula is C19H20F2N2O2. The Hall–Kier alpha value is -2.50. The Morgan fingerprint density at radius 3 is 2.40 bits per heavy atom. The summed E-state index contributed by atoms with van der Waals surface area (Å²) < 4.78 is 27.2. The third-order valence-corrected chi connectivity index (χ3v) is 4.85. The molecule has 2 N–H and O–H groups in total. The maximum Gasteiger partial charge on any atom is 0.247 e. The molecule has 1 fully saturated rings. The Kier molecular flexibility index (Phi) is 4.97. The van der Waals surface area contributed by atoms with Gasteiger partial charge in [-0.15, -0.1) is 0 Å². The minimum atomic E-state index is -0.867. The summed E-state index contributed by atoms with van der Waals surface area (Å²) >= 11 is 0. The van der Waals surface area contributed by atoms with Crippen LogP contribution in [0.25, 0.3) is 0 Å². The molecule has 0 aliphatic heterocycles. The predicted molar refractivity (Wildman–Crippen MR) is 90.3 cm³/mol. The zero-order valence-electron chi connectivity index (χ0n) is 13.8. The highest BCUT2D eigenvalue weighted by Gasteiger charge is 2.42. The van der Waals surface area contributed by atoms with Gasteiger partial charge in [0.15, 0.2) is 0 Å². The lowest BCUT2D eigenvalue weighted by Crippen LogP contribution is -2.43. The minimum Gasteiger partial charge on any atom is -0.355 e. The fraction of sp³-hybridized carbons (Fsp3) is 0.368. The average molecular weight is 346 g/mol. The molecule has 0 radical (unpaired) electrons. The summed E-state index contributed by atoms with van der Waals surface area (Å²) in [4.78, 5) is 26.5. The maximum atomic E-state index is 13.6. The van der Waals surface area contributed by atoms with Gasteiger partial charge in [0, 0.05) is 24.9 Å². The van der Waals surface area contributed by atoms with Gasteiger partial charge in [-0.1, -0.05) is 18.9 Å². The Balaban J connectivity index is 1.72. The lowest BCUT2D eigenvalue weighted by Gasteiger charge is -2.28. The Labute approximate surface area is 144 Å². The van der Waals surface area contributed by atoms with Crippen LogP contribution in [0.5, 0.6) is 0 Å². The van der Waals surface area contributed by atoms with Gasteiger partial charge in [-0.05, 0) is 42.5 Å². The largest absolute Gasteiger partial charge is 0.355 e. The quantitative estimate of drug-likeness (QED) is 0.874. The number of hydrogen-bond donors (Lipinski definition) is 2. The molecule has 4 nitrogen and oxygen atoms in total. The highest BCUT2D eigenvalue weighted by molar-refractivity contribution is 5.88. The molecule has 0 unspecified atom stereocenters. The van der Waals surface area contributed by atoms with Gasteiger partial charge in [0.25, 0.3) is 0 Å². The number of pyridine rings is 1. The molecule has 0 bridgehead atoms. The molecule has 1 aliphatic carbocycles. The number of carbonyl (C=O) groups excluding carboxylic acids is 1. The average Bonchev–Trinajstić information content (AvgIpc) is 3.07. The van der Waals surface area contributed by atoms with E-state index in [4.69, 9.17) is 0 Å². The molecule has 1 aromatic heterocycles. The molecule has 0 spiro atoms. The van der Waals surface area contributed by atoms with E-state index in [1.54, 1.807) is 12.3 Å². The lowest BCUT2D eigenvalue weighted by molar-refractivity contribution is -0.126. The second kappa shape index (κ2) is 7.17. The lowest BCUT2D eigenvalue weighted by atomic mass is 9.78. The number of hydrogen-bond acceptors (Lipinski definition) is 2. The van der Waals surface area contributed by atoms with Gasteiger partial charge < -0.3 is 10.3 Å². The number of aromatic nitrogens is 1. The highest BCUT2D eigenvalue weighted by Crippen LogP contribution is 2.41. The molecule has 3 rings (SSSR count). The third-order valence-electron chi connectivity index (χ3n) is 4.85. The maximum absolute atomic E-state index is 13.6. The summed E-state index contributed by atoms with van der Waals surface area (Å²) in [6.45, 7) is 0.393. The second-order valence-corrected chi connectivity index (χ2v) is 6.51. The predicted octanol–water partition coefficient (Wildman–Crippen LogP) is 2.82. The van der Waals surface area contributed by atoms with Gasteiger partial charge >= 0.3 is 0 Å². The van der Waals surface area contributed by atoms with Crippen LogP contribution >= 0.6 is 0 Å². The molecule has 1 amide bonds. The summed E-state index contributed by atoms with van der Waals surface area (Å²) in [5, 5.41) is 2.89. The van der Waals surface area contributed by atoms with E-state index in [-0.39, 0.29) is 11.5 Å². The van der Waals surface area contributed by atoms with Crippen LogP contribution in [-0.4, -0.2) is 17.4 Å². The topological polar surface area (TPSA) is 62.0 Å². The van der Waals surface area contributed by atoms with Crippen molar-refractivity contribution in [1.29, 1.82) is 0 Å². The van der Waals surface area contributed by atoms with Crippen molar-refractivity contribution < 1.29 is 13.6 Å². The SMILES string of the molecule is O=C(NCCc1ccc(=O)[nH]c1)C1(c2cc(F)cc(F)c2)CCCC1. The van der Waals surface area contributed by atoms with Crippen molar-refractivity contribution in [3.8, 4) is 0 Å². The zero-order valence-corrected chi connectivity index (χ0v) is 13.8. The highest BCUT2D eigenvalue weighted by atomic mass is 19.1. The van der Waals surface area contributed by atoms with E-state index in [1.807, 2.05) is 0 Å². The molecule has 1 saturated carbocycles. The van der Waals surface area contributed by atoms with Gasteiger partial charge in [0.1, 0.15) is 11.6 Å². The van der Waals surface area contributed by atoms with E-state index in [9.17, 15) is 18.4 Å². The van der Waals surface area contributed by atoms with Crippen molar-refractivity contribution >= 4 is 5.91 Å². The first-order valence-electron chi connectivity index (χ1n) is 8.42. The van der Waals surface area contributed by atoms with Crippen molar-refractivity contribution in [2.75, 3.05) is 6.54 Å². The number of H-pyrrole nitrogens is 1. The first kappa shape index (κ1) is 17.3. The fourth-order valence-electron chi connectivity index (χ4n) is 3.54. The molecule has 0 atom stereocenters. The van der Waals surface area contributed by atoms with Gasteiger partial charge in [-0.25, -0.2) is 8.78 Å². The van der Waals surface area contributed by atoms with E-state index in [2.05, 4.69) is 10.3 Å². The summed E-state index contributed by atoms with van der Waals surface area (Å²) in [6, 6.07) is 6.48. The van der Waals surface area contributed by atoms with Gasteiger partial charge in [-0.3, -0.25) is 9.59 Å². The summed E-state index contributed by atoms with van der Waals surface area (Å²) in [7, 11) is 0. The molecule has 2 aromatic rings. The van der Waals surface area contributed by atoms with E-state index < -0.39 is 17.0 Å². The first-order valence-corrected chi connectivity index (χ1v) is 8.42. The summed E-state index contributed by atoms with van der Waals surface area (Å²) in [6.07, 6.45) is 5.05. The fourth-order valence-corrected chi connectivity index (χ4v) is 3.54. The molecule has 25 heavy (non-hydrogen) atoms. The van der Waals surface area contributed by atoms with Crippen LogP contribution in [0.4, 0.5) is 8.78 Å². The molecule has 1 heterocycles. The Morgan fingerprint density at radius 1 is 1.12 bits per heavy atom. The Bertz CT molecular complexity index is 786. The molecule has 132 valence electrons. The van der Waals surface area contributed by atoms with Gasteiger partial charge in [0.2, 0.25) is 11.5 Å². The van der Waals surface area contributed by atoms with Crippen molar-refractivity contribution in [3.63, 3.8) is 0 Å². The van der Waals surface area contributed by atoms with Crippen molar-refractivity contribution in [2.24, 2.45) is 0 Å². The number of amides is 1. The number of nitrogens with one attached hydrogen (secondary N) is 2. The van der Waals surface area contributed by atoms with Crippen LogP contribution in [0, 0.1) is 11.6 Å². The van der Waals surface area contributed by atoms with Gasteiger partial charge in [0.05, 0.1) is 5.41 Å². The van der Waals surface area contributed by atoms with Crippen molar-refractivity contribution in [2.45, 2.75) is 37.5 Å². The summed E-state index contributed by atoms with van der Waals surface area (Å²) in [5.41, 5.74) is 0.264. The van der Waals surface area contributed by atoms with E-state index in [0.717, 1.165) is 24.5 Å². The smallest absolute Gasteiger partial charge is 0.247 e. The van der Waals surface area contributed by atoms with E-state index in [1.165, 1.54) is 18.2 Å². The van der Waals surface area contributed by atoms with Crippen LogP contribution in [0.15, 0.2) is 41.3 Å². The van der Waals surface area contributed by atoms with Crippen LogP contribution in [-0.2, 0) is 16.6 Å². The monoisotopic (exact) mass is 346 g/mol. The molecular weight excluding hydrogens is 326 g/mol. The van der Waals surface area contributed by atoms with Crippen molar-refractivity contribution in [1.82, 2.24) is 10.3 Å². The van der Waals surface area contributed by atoms with Crippen LogP contribution in [0.1, 0.15) is 36.8 Å². The number of carbonyl (C=O) groups is 1. The number of benzene rings is 1. The zero-order chi connectivity index (χ0) is 17.9. The summed E-state index contributed by atoms with van der Waals surface area (Å²) in [5.74, 6) is -1.52. The molecule has 6 heteroatoms. The molecule has 0 saturated heterocycles. The number of rotatable bonds is 5. The molecule has 1 aromatic carbocycles. The van der Waals surface area contributed by atoms with Gasteiger partial charge in [-0.2, -0.15) is 0 Å². The van der Waals surface area contributed by atoms with E-state index in [0.29, 0.717) is 31.4 Å². The van der Waals surface area contributed by atoms with Crippen LogP contribution in [0.3, 0.4) is 0 Å². The second-order valence-electron chi connectivity index (χ2n) is 6.51. The first-order chi connectivity index (χ1) is 12.0. The Morgan fingerprint density at radius 2 is 1.80 bits per heavy atom.